The predicted octanol–water partition coefficient (Wildman–Crippen LogP) is 3.49. The van der Waals surface area contributed by atoms with Gasteiger partial charge in [-0.25, -0.2) is 4.98 Å². The molecule has 0 amide bonds. The van der Waals surface area contributed by atoms with Crippen LogP contribution in [0.15, 0.2) is 0 Å². The summed E-state index contributed by atoms with van der Waals surface area (Å²) >= 11 is 1.85. The van der Waals surface area contributed by atoms with Crippen LogP contribution >= 0.6 is 11.3 Å². The first-order valence-corrected chi connectivity index (χ1v) is 6.25. The normalized spacial score (nSPS) is 39.1. The Morgan fingerprint density at radius 1 is 1.29 bits per heavy atom. The van der Waals surface area contributed by atoms with E-state index in [0.29, 0.717) is 5.41 Å². The molecule has 3 aliphatic carbocycles. The standard InChI is InChI=1S/C12H17NS/c1-8-10(13-9(2)14-8)4-12-5-11(3,6-12)7-12/h4-7H2,1-3H3/t11-,12+. The van der Waals surface area contributed by atoms with E-state index in [1.165, 1.54) is 41.3 Å². The Morgan fingerprint density at radius 2 is 1.93 bits per heavy atom. The molecule has 0 N–H and O–H groups in total. The van der Waals surface area contributed by atoms with Crippen molar-refractivity contribution in [2.24, 2.45) is 10.8 Å². The molecule has 0 aromatic carbocycles. The quantitative estimate of drug-likeness (QED) is 0.723. The van der Waals surface area contributed by atoms with E-state index in [2.05, 4.69) is 25.8 Å². The second-order valence-electron chi connectivity index (χ2n) is 5.75. The van der Waals surface area contributed by atoms with Crippen molar-refractivity contribution in [3.05, 3.63) is 15.6 Å². The maximum absolute atomic E-state index is 4.64. The van der Waals surface area contributed by atoms with E-state index in [0.717, 1.165) is 5.41 Å². The van der Waals surface area contributed by atoms with E-state index in [4.69, 9.17) is 0 Å². The molecule has 14 heavy (non-hydrogen) atoms. The number of hydrogen-bond acceptors (Lipinski definition) is 2. The average Bonchev–Trinajstić information content (AvgIpc) is 2.25. The van der Waals surface area contributed by atoms with E-state index in [1.54, 1.807) is 0 Å². The molecule has 3 aliphatic rings. The number of hydrogen-bond donors (Lipinski definition) is 0. The number of nitrogens with zero attached hydrogens (tertiary/aromatic N) is 1. The first kappa shape index (κ1) is 8.90. The van der Waals surface area contributed by atoms with E-state index >= 15 is 0 Å². The third-order valence-electron chi connectivity index (χ3n) is 3.95. The van der Waals surface area contributed by atoms with Crippen molar-refractivity contribution in [1.82, 2.24) is 4.98 Å². The summed E-state index contributed by atoms with van der Waals surface area (Å²) in [5, 5.41) is 1.23. The van der Waals surface area contributed by atoms with Crippen LogP contribution in [0.3, 0.4) is 0 Å². The van der Waals surface area contributed by atoms with Gasteiger partial charge in [-0.1, -0.05) is 6.92 Å². The van der Waals surface area contributed by atoms with Crippen molar-refractivity contribution in [2.45, 2.75) is 46.5 Å². The zero-order valence-electron chi connectivity index (χ0n) is 9.18. The molecule has 0 unspecified atom stereocenters. The van der Waals surface area contributed by atoms with Gasteiger partial charge in [-0.15, -0.1) is 11.3 Å². The molecule has 0 radical (unpaired) electrons. The molecule has 0 atom stereocenters. The van der Waals surface area contributed by atoms with E-state index in [9.17, 15) is 0 Å². The molecule has 2 bridgehead atoms. The highest BCUT2D eigenvalue weighted by Crippen LogP contribution is 2.74. The van der Waals surface area contributed by atoms with Crippen molar-refractivity contribution in [1.29, 1.82) is 0 Å². The lowest BCUT2D eigenvalue weighted by atomic mass is 9.35. The van der Waals surface area contributed by atoms with Gasteiger partial charge in [0.15, 0.2) is 0 Å². The summed E-state index contributed by atoms with van der Waals surface area (Å²) in [6.07, 6.45) is 5.61. The van der Waals surface area contributed by atoms with Crippen LogP contribution in [0.25, 0.3) is 0 Å². The molecule has 3 fully saturated rings. The van der Waals surface area contributed by atoms with Gasteiger partial charge in [0.05, 0.1) is 10.7 Å². The zero-order chi connectivity index (χ0) is 9.97. The van der Waals surface area contributed by atoms with Crippen LogP contribution < -0.4 is 0 Å². The Labute approximate surface area is 89.6 Å². The molecule has 1 heterocycles. The Hall–Kier alpha value is -0.370. The van der Waals surface area contributed by atoms with Gasteiger partial charge in [0.25, 0.3) is 0 Å². The van der Waals surface area contributed by atoms with Crippen molar-refractivity contribution < 1.29 is 0 Å². The molecule has 2 heteroatoms. The number of rotatable bonds is 2. The molecule has 0 saturated heterocycles. The summed E-state index contributed by atoms with van der Waals surface area (Å²) in [7, 11) is 0. The largest absolute Gasteiger partial charge is 0.246 e. The minimum atomic E-state index is 0.681. The van der Waals surface area contributed by atoms with Crippen LogP contribution in [0.5, 0.6) is 0 Å². The highest BCUT2D eigenvalue weighted by atomic mass is 32.1. The van der Waals surface area contributed by atoms with Gasteiger partial charge >= 0.3 is 0 Å². The molecular weight excluding hydrogens is 190 g/mol. The van der Waals surface area contributed by atoms with Crippen LogP contribution in [0.4, 0.5) is 0 Å². The molecule has 4 rings (SSSR count). The minimum Gasteiger partial charge on any atom is -0.246 e. The fourth-order valence-electron chi connectivity index (χ4n) is 3.84. The SMILES string of the molecule is Cc1nc(C[C@]23C[C@](C)(C2)C3)c(C)s1. The second-order valence-corrected chi connectivity index (χ2v) is 7.16. The topological polar surface area (TPSA) is 12.9 Å². The van der Waals surface area contributed by atoms with Crippen LogP contribution in [0.1, 0.15) is 41.8 Å². The number of aromatic nitrogens is 1. The predicted molar refractivity (Wildman–Crippen MR) is 59.7 cm³/mol. The summed E-state index contributed by atoms with van der Waals surface area (Å²) < 4.78 is 0. The molecule has 0 spiro atoms. The monoisotopic (exact) mass is 207 g/mol. The maximum atomic E-state index is 4.64. The van der Waals surface area contributed by atoms with E-state index in [1.807, 2.05) is 11.3 Å². The van der Waals surface area contributed by atoms with Crippen LogP contribution in [-0.4, -0.2) is 4.98 Å². The Balaban J connectivity index is 1.77. The molecule has 1 aromatic heterocycles. The summed E-state index contributed by atoms with van der Waals surface area (Å²) in [6.45, 7) is 6.76. The van der Waals surface area contributed by atoms with Gasteiger partial charge in [0.2, 0.25) is 0 Å². The Bertz CT molecular complexity index is 371. The lowest BCUT2D eigenvalue weighted by Crippen LogP contribution is -2.60. The summed E-state index contributed by atoms with van der Waals surface area (Å²) in [6, 6.07) is 0. The fraction of sp³-hybridized carbons (Fsp3) is 0.750. The third kappa shape index (κ3) is 1.10. The smallest absolute Gasteiger partial charge is 0.0900 e. The first-order chi connectivity index (χ1) is 6.50. The van der Waals surface area contributed by atoms with Crippen molar-refractivity contribution in [3.8, 4) is 0 Å². The minimum absolute atomic E-state index is 0.681. The van der Waals surface area contributed by atoms with Crippen LogP contribution in [0.2, 0.25) is 0 Å². The molecule has 1 nitrogen and oxygen atoms in total. The summed E-state index contributed by atoms with van der Waals surface area (Å²) in [5.41, 5.74) is 2.80. The van der Waals surface area contributed by atoms with Gasteiger partial charge < -0.3 is 0 Å². The molecule has 76 valence electrons. The number of aryl methyl sites for hydroxylation is 2. The fourth-order valence-corrected chi connectivity index (χ4v) is 4.67. The lowest BCUT2D eigenvalue weighted by Gasteiger charge is -2.70. The Kier molecular flexibility index (Phi) is 1.53. The summed E-state index contributed by atoms with van der Waals surface area (Å²) in [5.74, 6) is 0. The van der Waals surface area contributed by atoms with Gasteiger partial charge in [0, 0.05) is 4.88 Å². The number of thiazole rings is 1. The van der Waals surface area contributed by atoms with E-state index < -0.39 is 0 Å². The highest BCUT2D eigenvalue weighted by Gasteiger charge is 2.64. The zero-order valence-corrected chi connectivity index (χ0v) is 10.0. The van der Waals surface area contributed by atoms with Gasteiger partial charge in [0.1, 0.15) is 0 Å². The average molecular weight is 207 g/mol. The lowest BCUT2D eigenvalue weighted by molar-refractivity contribution is -0.189. The van der Waals surface area contributed by atoms with Crippen molar-refractivity contribution in [3.63, 3.8) is 0 Å². The van der Waals surface area contributed by atoms with Crippen molar-refractivity contribution in [2.75, 3.05) is 0 Å². The van der Waals surface area contributed by atoms with Crippen LogP contribution in [0, 0.1) is 24.7 Å². The molecule has 0 aliphatic heterocycles. The summed E-state index contributed by atoms with van der Waals surface area (Å²) in [4.78, 5) is 6.09. The third-order valence-corrected chi connectivity index (χ3v) is 4.88. The van der Waals surface area contributed by atoms with Crippen LogP contribution in [-0.2, 0) is 6.42 Å². The Morgan fingerprint density at radius 3 is 2.36 bits per heavy atom. The molecule has 1 aromatic rings. The second kappa shape index (κ2) is 2.41. The maximum Gasteiger partial charge on any atom is 0.0900 e. The van der Waals surface area contributed by atoms with Gasteiger partial charge in [-0.3, -0.25) is 0 Å². The molecular formula is C12H17NS. The first-order valence-electron chi connectivity index (χ1n) is 5.43. The molecule has 3 saturated carbocycles. The highest BCUT2D eigenvalue weighted by molar-refractivity contribution is 7.11. The van der Waals surface area contributed by atoms with Crippen molar-refractivity contribution >= 4 is 11.3 Å². The van der Waals surface area contributed by atoms with Gasteiger partial charge in [-0.2, -0.15) is 0 Å². The van der Waals surface area contributed by atoms with Gasteiger partial charge in [-0.05, 0) is 50.4 Å². The van der Waals surface area contributed by atoms with E-state index in [-0.39, 0.29) is 0 Å².